The van der Waals surface area contributed by atoms with Crippen molar-refractivity contribution in [1.82, 2.24) is 4.57 Å². The van der Waals surface area contributed by atoms with Gasteiger partial charge in [0.25, 0.3) is 0 Å². The molecular weight excluding hydrogens is 438 g/mol. The molecule has 0 bridgehead atoms. The molecule has 0 saturated heterocycles. The number of nitrogens with zero attached hydrogens (tertiary/aromatic N) is 2. The van der Waals surface area contributed by atoms with Crippen LogP contribution in [0.5, 0.6) is 5.75 Å². The maximum absolute atomic E-state index is 12.5. The van der Waals surface area contributed by atoms with Crippen LogP contribution in [-0.2, 0) is 4.74 Å². The lowest BCUT2D eigenvalue weighted by Gasteiger charge is -2.30. The van der Waals surface area contributed by atoms with Crippen molar-refractivity contribution in [2.45, 2.75) is 66.0 Å². The molecule has 1 aromatic heterocycles. The third-order valence-electron chi connectivity index (χ3n) is 6.80. The monoisotopic (exact) mass is 473 g/mol. The highest BCUT2D eigenvalue weighted by Crippen LogP contribution is 2.43. The second-order valence-corrected chi connectivity index (χ2v) is 9.96. The van der Waals surface area contributed by atoms with E-state index in [1.807, 2.05) is 49.4 Å². The topological polar surface area (TPSA) is 76.3 Å². The Hall–Kier alpha value is -3.46. The molecule has 0 spiro atoms. The smallest absolute Gasteiger partial charge is 0.411 e. The highest BCUT2D eigenvalue weighted by molar-refractivity contribution is 5.96. The molecule has 184 valence electrons. The summed E-state index contributed by atoms with van der Waals surface area (Å²) < 4.78 is 13.7. The van der Waals surface area contributed by atoms with Crippen LogP contribution in [0.15, 0.2) is 42.5 Å². The van der Waals surface area contributed by atoms with Crippen molar-refractivity contribution >= 4 is 22.7 Å². The third kappa shape index (κ3) is 5.00. The van der Waals surface area contributed by atoms with E-state index in [0.29, 0.717) is 23.9 Å². The second kappa shape index (κ2) is 10.4. The number of carbonyl (C=O) groups is 1. The molecule has 1 saturated carbocycles. The Balaban J connectivity index is 1.66. The molecule has 6 nitrogen and oxygen atoms in total. The van der Waals surface area contributed by atoms with Gasteiger partial charge in [0.2, 0.25) is 0 Å². The van der Waals surface area contributed by atoms with E-state index in [2.05, 4.69) is 43.6 Å². The van der Waals surface area contributed by atoms with Gasteiger partial charge >= 0.3 is 6.09 Å². The van der Waals surface area contributed by atoms with Gasteiger partial charge in [0, 0.05) is 23.2 Å². The molecule has 2 aromatic carbocycles. The summed E-state index contributed by atoms with van der Waals surface area (Å²) in [6.45, 7) is 10.8. The normalized spacial score (nSPS) is 13.8. The Morgan fingerprint density at radius 3 is 2.34 bits per heavy atom. The minimum absolute atomic E-state index is 0.146. The molecule has 35 heavy (non-hydrogen) atoms. The number of aromatic nitrogens is 1. The summed E-state index contributed by atoms with van der Waals surface area (Å²) in [5.41, 5.74) is 4.24. The molecular formula is C29H35N3O3. The van der Waals surface area contributed by atoms with Gasteiger partial charge in [0.05, 0.1) is 23.4 Å². The fourth-order valence-electron chi connectivity index (χ4n) is 4.99. The quantitative estimate of drug-likeness (QED) is 0.367. The standard InChI is InChI=1S/C29H35N3O3/c1-6-34-23-14-15-24-25(17-30)27(32(26(24)16-23)22-8-7-9-22)20-10-12-21(13-11-20)31-29(33)35-28(18(2)3)19(4)5/h10-16,18-19,22,28H,6-9H2,1-5H3,(H,31,33). The van der Waals surface area contributed by atoms with Crippen LogP contribution < -0.4 is 10.1 Å². The molecule has 1 aliphatic carbocycles. The zero-order valence-corrected chi connectivity index (χ0v) is 21.3. The van der Waals surface area contributed by atoms with Crippen molar-refractivity contribution in [2.24, 2.45) is 11.8 Å². The average Bonchev–Trinajstić information content (AvgIpc) is 3.10. The van der Waals surface area contributed by atoms with Crippen LogP contribution in [0.2, 0.25) is 0 Å². The van der Waals surface area contributed by atoms with E-state index in [1.54, 1.807) is 0 Å². The van der Waals surface area contributed by atoms with Gasteiger partial charge in [-0.05, 0) is 67.9 Å². The molecule has 1 aliphatic rings. The highest BCUT2D eigenvalue weighted by atomic mass is 16.6. The van der Waals surface area contributed by atoms with Gasteiger partial charge in [-0.25, -0.2) is 4.79 Å². The first kappa shape index (κ1) is 24.7. The molecule has 0 aliphatic heterocycles. The Morgan fingerprint density at radius 2 is 1.80 bits per heavy atom. The minimum atomic E-state index is -0.449. The predicted octanol–water partition coefficient (Wildman–Crippen LogP) is 7.53. The van der Waals surface area contributed by atoms with Gasteiger partial charge in [-0.1, -0.05) is 39.8 Å². The number of benzene rings is 2. The fraction of sp³-hybridized carbons (Fsp3) is 0.448. The molecule has 4 rings (SSSR count). The lowest BCUT2D eigenvalue weighted by Crippen LogP contribution is -2.30. The van der Waals surface area contributed by atoms with Gasteiger partial charge in [0.15, 0.2) is 0 Å². The van der Waals surface area contributed by atoms with E-state index in [1.165, 1.54) is 6.42 Å². The number of rotatable bonds is 8. The Labute approximate surface area is 207 Å². The molecule has 1 amide bonds. The molecule has 1 N–H and O–H groups in total. The van der Waals surface area contributed by atoms with E-state index in [9.17, 15) is 10.1 Å². The maximum Gasteiger partial charge on any atom is 0.411 e. The van der Waals surface area contributed by atoms with E-state index in [4.69, 9.17) is 9.47 Å². The lowest BCUT2D eigenvalue weighted by atomic mass is 9.92. The van der Waals surface area contributed by atoms with E-state index in [0.717, 1.165) is 40.8 Å². The van der Waals surface area contributed by atoms with Gasteiger partial charge in [-0.15, -0.1) is 0 Å². The van der Waals surface area contributed by atoms with Crippen LogP contribution in [0.3, 0.4) is 0 Å². The lowest BCUT2D eigenvalue weighted by molar-refractivity contribution is 0.0516. The van der Waals surface area contributed by atoms with Crippen LogP contribution in [0.25, 0.3) is 22.2 Å². The van der Waals surface area contributed by atoms with Crippen molar-refractivity contribution in [3.8, 4) is 23.1 Å². The number of nitriles is 1. The first-order valence-electron chi connectivity index (χ1n) is 12.6. The second-order valence-electron chi connectivity index (χ2n) is 9.96. The molecule has 3 aromatic rings. The summed E-state index contributed by atoms with van der Waals surface area (Å²) in [5.74, 6) is 1.29. The van der Waals surface area contributed by atoms with Crippen LogP contribution >= 0.6 is 0 Å². The van der Waals surface area contributed by atoms with Crippen molar-refractivity contribution in [1.29, 1.82) is 5.26 Å². The predicted molar refractivity (Wildman–Crippen MR) is 140 cm³/mol. The Kier molecular flexibility index (Phi) is 7.35. The molecule has 6 heteroatoms. The zero-order valence-electron chi connectivity index (χ0n) is 21.3. The minimum Gasteiger partial charge on any atom is -0.494 e. The van der Waals surface area contributed by atoms with Crippen LogP contribution in [0.4, 0.5) is 10.5 Å². The van der Waals surface area contributed by atoms with Crippen LogP contribution in [0, 0.1) is 23.2 Å². The number of amides is 1. The number of fused-ring (bicyclic) bond motifs is 1. The molecule has 0 radical (unpaired) electrons. The third-order valence-corrected chi connectivity index (χ3v) is 6.80. The SMILES string of the molecule is CCOc1ccc2c(C#N)c(-c3ccc(NC(=O)OC(C(C)C)C(C)C)cc3)n(C3CCC3)c2c1. The van der Waals surface area contributed by atoms with Crippen LogP contribution in [0.1, 0.15) is 65.5 Å². The summed E-state index contributed by atoms with van der Waals surface area (Å²) >= 11 is 0. The zero-order chi connectivity index (χ0) is 25.1. The van der Waals surface area contributed by atoms with Gasteiger partial charge in [-0.3, -0.25) is 5.32 Å². The number of hydrogen-bond donors (Lipinski definition) is 1. The van der Waals surface area contributed by atoms with Crippen molar-refractivity contribution < 1.29 is 14.3 Å². The molecule has 1 heterocycles. The van der Waals surface area contributed by atoms with Crippen molar-refractivity contribution in [3.63, 3.8) is 0 Å². The van der Waals surface area contributed by atoms with E-state index < -0.39 is 6.09 Å². The Morgan fingerprint density at radius 1 is 1.11 bits per heavy atom. The summed E-state index contributed by atoms with van der Waals surface area (Å²) in [6.07, 6.45) is 2.79. The highest BCUT2D eigenvalue weighted by Gasteiger charge is 2.28. The molecule has 0 unspecified atom stereocenters. The summed E-state index contributed by atoms with van der Waals surface area (Å²) in [5, 5.41) is 13.9. The Bertz CT molecular complexity index is 1220. The number of nitrogens with one attached hydrogen (secondary N) is 1. The van der Waals surface area contributed by atoms with E-state index >= 15 is 0 Å². The summed E-state index contributed by atoms with van der Waals surface area (Å²) in [4.78, 5) is 12.5. The van der Waals surface area contributed by atoms with Gasteiger partial charge < -0.3 is 14.0 Å². The molecule has 0 atom stereocenters. The average molecular weight is 474 g/mol. The number of ether oxygens (including phenoxy) is 2. The van der Waals surface area contributed by atoms with Gasteiger partial charge in [0.1, 0.15) is 17.9 Å². The molecule has 1 fully saturated rings. The largest absolute Gasteiger partial charge is 0.494 e. The van der Waals surface area contributed by atoms with Gasteiger partial charge in [-0.2, -0.15) is 5.26 Å². The number of hydrogen-bond acceptors (Lipinski definition) is 4. The first-order chi connectivity index (χ1) is 16.8. The fourth-order valence-corrected chi connectivity index (χ4v) is 4.99. The number of anilines is 1. The van der Waals surface area contributed by atoms with Crippen LogP contribution in [-0.4, -0.2) is 23.4 Å². The maximum atomic E-state index is 12.5. The number of carbonyl (C=O) groups excluding carboxylic acids is 1. The summed E-state index contributed by atoms with van der Waals surface area (Å²) in [7, 11) is 0. The summed E-state index contributed by atoms with van der Waals surface area (Å²) in [6, 6.07) is 16.4. The van der Waals surface area contributed by atoms with E-state index in [-0.39, 0.29) is 17.9 Å². The van der Waals surface area contributed by atoms with Crippen molar-refractivity contribution in [3.05, 3.63) is 48.0 Å². The first-order valence-corrected chi connectivity index (χ1v) is 12.6. The van der Waals surface area contributed by atoms with Crippen molar-refractivity contribution in [2.75, 3.05) is 11.9 Å².